The van der Waals surface area contributed by atoms with Gasteiger partial charge in [-0.05, 0) is 55.0 Å². The Labute approximate surface area is 190 Å². The van der Waals surface area contributed by atoms with Crippen LogP contribution in [-0.4, -0.2) is 30.8 Å². The number of carbonyl (C=O) groups excluding carboxylic acids is 1. The van der Waals surface area contributed by atoms with Gasteiger partial charge in [-0.25, -0.2) is 4.79 Å². The van der Waals surface area contributed by atoms with Crippen LogP contribution in [0, 0.1) is 10.1 Å². The second-order valence-electron chi connectivity index (χ2n) is 6.75. The van der Waals surface area contributed by atoms with Gasteiger partial charge >= 0.3 is 5.97 Å². The van der Waals surface area contributed by atoms with Crippen molar-refractivity contribution >= 4 is 23.6 Å². The van der Waals surface area contributed by atoms with Crippen LogP contribution in [0.25, 0.3) is 0 Å². The minimum absolute atomic E-state index is 0.00820. The van der Waals surface area contributed by atoms with Crippen molar-refractivity contribution in [3.05, 3.63) is 93.5 Å². The molecule has 3 aromatic carbocycles. The van der Waals surface area contributed by atoms with Crippen LogP contribution in [0.2, 0.25) is 0 Å². The van der Waals surface area contributed by atoms with E-state index in [9.17, 15) is 14.9 Å². The predicted molar refractivity (Wildman–Crippen MR) is 124 cm³/mol. The molecule has 33 heavy (non-hydrogen) atoms. The van der Waals surface area contributed by atoms with E-state index >= 15 is 0 Å². The molecule has 3 aromatic rings. The van der Waals surface area contributed by atoms with Crippen molar-refractivity contribution in [1.82, 2.24) is 0 Å². The number of ether oxygens (including phenoxy) is 3. The molecule has 0 saturated heterocycles. The lowest BCUT2D eigenvalue weighted by atomic mass is 10.1. The van der Waals surface area contributed by atoms with Crippen molar-refractivity contribution in [1.29, 1.82) is 0 Å². The Kier molecular flexibility index (Phi) is 7.96. The van der Waals surface area contributed by atoms with Crippen LogP contribution in [-0.2, 0) is 11.3 Å². The first-order valence-corrected chi connectivity index (χ1v) is 10.1. The topological polar surface area (TPSA) is 112 Å². The van der Waals surface area contributed by atoms with Crippen molar-refractivity contribution in [2.24, 2.45) is 5.10 Å². The van der Waals surface area contributed by atoms with Gasteiger partial charge in [-0.15, -0.1) is 0 Å². The van der Waals surface area contributed by atoms with E-state index in [2.05, 4.69) is 10.5 Å². The molecule has 0 aliphatic carbocycles. The van der Waals surface area contributed by atoms with E-state index in [4.69, 9.17) is 14.2 Å². The summed E-state index contributed by atoms with van der Waals surface area (Å²) in [6.45, 7) is 2.18. The highest BCUT2D eigenvalue weighted by Crippen LogP contribution is 2.24. The molecule has 170 valence electrons. The largest absolute Gasteiger partial charge is 0.496 e. The van der Waals surface area contributed by atoms with Crippen molar-refractivity contribution in [3.63, 3.8) is 0 Å². The third kappa shape index (κ3) is 6.30. The van der Waals surface area contributed by atoms with Gasteiger partial charge < -0.3 is 14.2 Å². The zero-order valence-electron chi connectivity index (χ0n) is 18.2. The van der Waals surface area contributed by atoms with Crippen LogP contribution in [0.15, 0.2) is 71.8 Å². The van der Waals surface area contributed by atoms with Crippen molar-refractivity contribution in [3.8, 4) is 11.5 Å². The summed E-state index contributed by atoms with van der Waals surface area (Å²) in [7, 11) is 1.56. The maximum absolute atomic E-state index is 12.2. The van der Waals surface area contributed by atoms with Gasteiger partial charge in [0.05, 0.1) is 30.5 Å². The number of hydrogen-bond acceptors (Lipinski definition) is 8. The molecule has 0 amide bonds. The summed E-state index contributed by atoms with van der Waals surface area (Å²) in [6.07, 6.45) is 1.61. The number of carbonyl (C=O) groups is 1. The fourth-order valence-electron chi connectivity index (χ4n) is 2.96. The SMILES string of the molecule is CCOC(=O)c1ccccc1OCc1cc(C=NNc2ccc([N+](=O)[O-])cc2)ccc1OC. The molecule has 9 nitrogen and oxygen atoms in total. The molecule has 0 aliphatic rings. The third-order valence-electron chi connectivity index (χ3n) is 4.56. The molecule has 1 N–H and O–H groups in total. The van der Waals surface area contributed by atoms with Gasteiger partial charge in [0.2, 0.25) is 0 Å². The van der Waals surface area contributed by atoms with E-state index in [1.807, 2.05) is 12.1 Å². The van der Waals surface area contributed by atoms with E-state index in [0.717, 1.165) is 11.1 Å². The third-order valence-corrected chi connectivity index (χ3v) is 4.56. The zero-order valence-corrected chi connectivity index (χ0v) is 18.2. The average Bonchev–Trinajstić information content (AvgIpc) is 2.83. The molecule has 0 saturated carbocycles. The number of nitrogens with one attached hydrogen (secondary N) is 1. The number of para-hydroxylation sites is 1. The molecule has 0 unspecified atom stereocenters. The first kappa shape index (κ1) is 23.3. The predicted octanol–water partition coefficient (Wildman–Crippen LogP) is 4.81. The number of methoxy groups -OCH3 is 1. The maximum Gasteiger partial charge on any atom is 0.341 e. The highest BCUT2D eigenvalue weighted by molar-refractivity contribution is 5.92. The fraction of sp³-hybridized carbons (Fsp3) is 0.167. The van der Waals surface area contributed by atoms with Crippen LogP contribution in [0.4, 0.5) is 11.4 Å². The van der Waals surface area contributed by atoms with Crippen molar-refractivity contribution < 1.29 is 23.9 Å². The van der Waals surface area contributed by atoms with E-state index in [1.165, 1.54) is 12.1 Å². The van der Waals surface area contributed by atoms with E-state index in [-0.39, 0.29) is 18.9 Å². The first-order chi connectivity index (χ1) is 16.0. The Hall–Kier alpha value is -4.40. The first-order valence-electron chi connectivity index (χ1n) is 10.1. The number of rotatable bonds is 10. The standard InChI is InChI=1S/C24H23N3O6/c1-3-32-24(28)21-6-4-5-7-23(21)33-16-18-14-17(8-13-22(18)31-2)15-25-26-19-9-11-20(12-10-19)27(29)30/h4-15,26H,3,16H2,1-2H3. The Morgan fingerprint density at radius 1 is 1.09 bits per heavy atom. The molecular formula is C24H23N3O6. The Morgan fingerprint density at radius 2 is 1.85 bits per heavy atom. The van der Waals surface area contributed by atoms with Crippen LogP contribution < -0.4 is 14.9 Å². The normalized spacial score (nSPS) is 10.6. The number of hydrazone groups is 1. The number of esters is 1. The summed E-state index contributed by atoms with van der Waals surface area (Å²) in [6, 6.07) is 18.3. The molecule has 9 heteroatoms. The lowest BCUT2D eigenvalue weighted by Gasteiger charge is -2.13. The summed E-state index contributed by atoms with van der Waals surface area (Å²) in [5.41, 5.74) is 5.34. The van der Waals surface area contributed by atoms with Gasteiger partial charge in [0.1, 0.15) is 23.7 Å². The fourth-order valence-corrected chi connectivity index (χ4v) is 2.96. The van der Waals surface area contributed by atoms with Gasteiger partial charge in [-0.3, -0.25) is 15.5 Å². The smallest absolute Gasteiger partial charge is 0.341 e. The molecular weight excluding hydrogens is 426 g/mol. The van der Waals surface area contributed by atoms with Gasteiger partial charge in [-0.2, -0.15) is 5.10 Å². The molecule has 0 bridgehead atoms. The van der Waals surface area contributed by atoms with Crippen LogP contribution >= 0.6 is 0 Å². The summed E-state index contributed by atoms with van der Waals surface area (Å²) >= 11 is 0. The summed E-state index contributed by atoms with van der Waals surface area (Å²) < 4.78 is 16.4. The summed E-state index contributed by atoms with van der Waals surface area (Å²) in [4.78, 5) is 22.4. The monoisotopic (exact) mass is 449 g/mol. The lowest BCUT2D eigenvalue weighted by molar-refractivity contribution is -0.384. The van der Waals surface area contributed by atoms with E-state index in [1.54, 1.807) is 62.7 Å². The molecule has 0 atom stereocenters. The minimum atomic E-state index is -0.459. The number of nitro benzene ring substituents is 1. The maximum atomic E-state index is 12.2. The van der Waals surface area contributed by atoms with Gasteiger partial charge in [0.25, 0.3) is 5.69 Å². The molecule has 0 heterocycles. The number of anilines is 1. The zero-order chi connectivity index (χ0) is 23.6. The molecule has 0 aromatic heterocycles. The number of benzene rings is 3. The number of nitro groups is 1. The molecule has 0 spiro atoms. The highest BCUT2D eigenvalue weighted by atomic mass is 16.6. The molecule has 3 rings (SSSR count). The number of hydrogen-bond donors (Lipinski definition) is 1. The molecule has 0 fully saturated rings. The van der Waals surface area contributed by atoms with Crippen molar-refractivity contribution in [2.45, 2.75) is 13.5 Å². The number of nitrogens with zero attached hydrogens (tertiary/aromatic N) is 2. The van der Waals surface area contributed by atoms with E-state index < -0.39 is 10.9 Å². The highest BCUT2D eigenvalue weighted by Gasteiger charge is 2.14. The van der Waals surface area contributed by atoms with E-state index in [0.29, 0.717) is 22.7 Å². The Morgan fingerprint density at radius 3 is 2.55 bits per heavy atom. The van der Waals surface area contributed by atoms with Gasteiger partial charge in [0, 0.05) is 17.7 Å². The second kappa shape index (κ2) is 11.3. The average molecular weight is 449 g/mol. The summed E-state index contributed by atoms with van der Waals surface area (Å²) in [5.74, 6) is 0.597. The van der Waals surface area contributed by atoms with Crippen LogP contribution in [0.1, 0.15) is 28.4 Å². The number of non-ortho nitro benzene ring substituents is 1. The van der Waals surface area contributed by atoms with Crippen molar-refractivity contribution in [2.75, 3.05) is 19.1 Å². The molecule has 0 aliphatic heterocycles. The quantitative estimate of drug-likeness (QED) is 0.205. The Balaban J connectivity index is 1.70. The van der Waals surface area contributed by atoms with Crippen LogP contribution in [0.5, 0.6) is 11.5 Å². The second-order valence-corrected chi connectivity index (χ2v) is 6.75. The lowest BCUT2D eigenvalue weighted by Crippen LogP contribution is -2.08. The minimum Gasteiger partial charge on any atom is -0.496 e. The van der Waals surface area contributed by atoms with Gasteiger partial charge in [0.15, 0.2) is 0 Å². The summed E-state index contributed by atoms with van der Waals surface area (Å²) in [5, 5.41) is 14.9. The molecule has 0 radical (unpaired) electrons. The Bertz CT molecular complexity index is 1150. The van der Waals surface area contributed by atoms with Gasteiger partial charge in [-0.1, -0.05) is 12.1 Å². The van der Waals surface area contributed by atoms with Crippen LogP contribution in [0.3, 0.4) is 0 Å².